The Kier molecular flexibility index (Phi) is 6.39. The molecular formula is C21H23NO4. The number of carbonyl (C=O) groups excluding carboxylic acids is 2. The van der Waals surface area contributed by atoms with E-state index in [-0.39, 0.29) is 18.6 Å². The zero-order valence-electron chi connectivity index (χ0n) is 14.6. The van der Waals surface area contributed by atoms with E-state index in [0.29, 0.717) is 18.5 Å². The molecule has 5 nitrogen and oxygen atoms in total. The van der Waals surface area contributed by atoms with E-state index >= 15 is 0 Å². The van der Waals surface area contributed by atoms with Crippen LogP contribution in [0.3, 0.4) is 0 Å². The molecule has 1 N–H and O–H groups in total. The van der Waals surface area contributed by atoms with Gasteiger partial charge in [-0.25, -0.2) is 4.79 Å². The minimum absolute atomic E-state index is 0.0706. The predicted octanol–water partition coefficient (Wildman–Crippen LogP) is 2.73. The second-order valence-electron chi connectivity index (χ2n) is 6.33. The number of amides is 1. The van der Waals surface area contributed by atoms with Crippen LogP contribution >= 0.6 is 0 Å². The maximum absolute atomic E-state index is 12.4. The number of hydrogen-bond acceptors (Lipinski definition) is 4. The zero-order valence-corrected chi connectivity index (χ0v) is 14.6. The van der Waals surface area contributed by atoms with Crippen molar-refractivity contribution in [3.63, 3.8) is 0 Å². The summed E-state index contributed by atoms with van der Waals surface area (Å²) in [5, 5.41) is 2.74. The van der Waals surface area contributed by atoms with Crippen LogP contribution in [0.25, 0.3) is 0 Å². The van der Waals surface area contributed by atoms with E-state index in [1.54, 1.807) is 12.1 Å². The van der Waals surface area contributed by atoms with Gasteiger partial charge in [-0.15, -0.1) is 0 Å². The third-order valence-electron chi connectivity index (χ3n) is 4.36. The fraction of sp³-hybridized carbons (Fsp3) is 0.333. The summed E-state index contributed by atoms with van der Waals surface area (Å²) in [5.74, 6) is -0.793. The Bertz CT molecular complexity index is 739. The highest BCUT2D eigenvalue weighted by molar-refractivity contribution is 5.92. The molecule has 1 aliphatic heterocycles. The summed E-state index contributed by atoms with van der Waals surface area (Å²) in [5.41, 5.74) is 2.48. The average Bonchev–Trinajstić information content (AvgIpc) is 3.19. The molecule has 0 saturated carbocycles. The third kappa shape index (κ3) is 5.17. The molecule has 1 fully saturated rings. The summed E-state index contributed by atoms with van der Waals surface area (Å²) < 4.78 is 10.6. The van der Waals surface area contributed by atoms with E-state index in [1.165, 1.54) is 0 Å². The number of rotatable bonds is 7. The molecule has 0 aromatic heterocycles. The van der Waals surface area contributed by atoms with Crippen LogP contribution in [-0.2, 0) is 20.7 Å². The molecule has 0 radical (unpaired) electrons. The number of nitrogens with one attached hydrogen (secondary N) is 1. The number of carbonyl (C=O) groups is 2. The molecule has 1 amide bonds. The van der Waals surface area contributed by atoms with Gasteiger partial charge in [0.2, 0.25) is 0 Å². The van der Waals surface area contributed by atoms with Crippen LogP contribution < -0.4 is 5.32 Å². The van der Waals surface area contributed by atoms with Crippen LogP contribution in [0.15, 0.2) is 54.6 Å². The van der Waals surface area contributed by atoms with Gasteiger partial charge < -0.3 is 14.8 Å². The summed E-state index contributed by atoms with van der Waals surface area (Å²) in [6.45, 7) is 0.917. The summed E-state index contributed by atoms with van der Waals surface area (Å²) in [6.07, 6.45) is 2.68. The van der Waals surface area contributed by atoms with Crippen molar-refractivity contribution in [3.05, 3.63) is 71.3 Å². The monoisotopic (exact) mass is 353 g/mol. The van der Waals surface area contributed by atoms with Crippen molar-refractivity contribution in [2.75, 3.05) is 19.8 Å². The fourth-order valence-electron chi connectivity index (χ4n) is 2.98. The van der Waals surface area contributed by atoms with Crippen LogP contribution in [-0.4, -0.2) is 37.7 Å². The summed E-state index contributed by atoms with van der Waals surface area (Å²) in [7, 11) is 0. The van der Waals surface area contributed by atoms with Crippen molar-refractivity contribution in [1.82, 2.24) is 5.32 Å². The first-order valence-electron chi connectivity index (χ1n) is 8.89. The Labute approximate surface area is 153 Å². The lowest BCUT2D eigenvalue weighted by Gasteiger charge is -2.12. The number of hydrogen-bond donors (Lipinski definition) is 1. The minimum Gasteiger partial charge on any atom is -0.452 e. The molecule has 0 aliphatic carbocycles. The van der Waals surface area contributed by atoms with Gasteiger partial charge in [0.1, 0.15) is 0 Å². The van der Waals surface area contributed by atoms with Crippen LogP contribution in [0, 0.1) is 0 Å². The molecular weight excluding hydrogens is 330 g/mol. The first-order chi connectivity index (χ1) is 12.7. The van der Waals surface area contributed by atoms with Gasteiger partial charge in [-0.1, -0.05) is 48.5 Å². The van der Waals surface area contributed by atoms with Crippen molar-refractivity contribution in [1.29, 1.82) is 0 Å². The minimum atomic E-state index is -0.483. The molecule has 1 atom stereocenters. The Balaban J connectivity index is 1.53. The van der Waals surface area contributed by atoms with Gasteiger partial charge in [-0.2, -0.15) is 0 Å². The Morgan fingerprint density at radius 2 is 1.85 bits per heavy atom. The molecule has 1 saturated heterocycles. The maximum atomic E-state index is 12.4. The number of ether oxygens (including phenoxy) is 2. The molecule has 2 aromatic rings. The molecule has 0 bridgehead atoms. The number of esters is 1. The molecule has 0 spiro atoms. The highest BCUT2D eigenvalue weighted by Crippen LogP contribution is 2.15. The summed E-state index contributed by atoms with van der Waals surface area (Å²) >= 11 is 0. The predicted molar refractivity (Wildman–Crippen MR) is 98.0 cm³/mol. The fourth-order valence-corrected chi connectivity index (χ4v) is 2.98. The first kappa shape index (κ1) is 18.1. The molecule has 1 unspecified atom stereocenters. The van der Waals surface area contributed by atoms with E-state index in [4.69, 9.17) is 9.47 Å². The lowest BCUT2D eigenvalue weighted by molar-refractivity contribution is -0.124. The van der Waals surface area contributed by atoms with Crippen molar-refractivity contribution < 1.29 is 19.1 Å². The molecule has 2 aromatic carbocycles. The molecule has 136 valence electrons. The average molecular weight is 353 g/mol. The van der Waals surface area contributed by atoms with Crippen molar-refractivity contribution in [3.8, 4) is 0 Å². The largest absolute Gasteiger partial charge is 0.452 e. The van der Waals surface area contributed by atoms with Gasteiger partial charge in [0.15, 0.2) is 6.61 Å². The van der Waals surface area contributed by atoms with E-state index in [0.717, 1.165) is 30.6 Å². The van der Waals surface area contributed by atoms with Gasteiger partial charge in [0.25, 0.3) is 5.91 Å². The van der Waals surface area contributed by atoms with E-state index in [2.05, 4.69) is 5.32 Å². The lowest BCUT2D eigenvalue weighted by atomic mass is 10.00. The smallest absolute Gasteiger partial charge is 0.338 e. The van der Waals surface area contributed by atoms with Crippen LogP contribution in [0.4, 0.5) is 0 Å². The second kappa shape index (κ2) is 9.15. The lowest BCUT2D eigenvalue weighted by Crippen LogP contribution is -2.34. The van der Waals surface area contributed by atoms with Gasteiger partial charge in [0.05, 0.1) is 11.7 Å². The Morgan fingerprint density at radius 1 is 1.08 bits per heavy atom. The van der Waals surface area contributed by atoms with Crippen molar-refractivity contribution in [2.45, 2.75) is 25.4 Å². The van der Waals surface area contributed by atoms with Gasteiger partial charge >= 0.3 is 5.97 Å². The van der Waals surface area contributed by atoms with Crippen LogP contribution in [0.2, 0.25) is 0 Å². The normalized spacial score (nSPS) is 16.2. The highest BCUT2D eigenvalue weighted by Gasteiger charge is 2.18. The SMILES string of the molecule is O=C(COC(=O)c1ccccc1Cc1ccccc1)NCC1CCCO1. The zero-order chi connectivity index (χ0) is 18.2. The first-order valence-corrected chi connectivity index (χ1v) is 8.89. The molecule has 26 heavy (non-hydrogen) atoms. The van der Waals surface area contributed by atoms with Gasteiger partial charge in [-0.3, -0.25) is 4.79 Å². The molecule has 1 aliphatic rings. The molecule has 1 heterocycles. The highest BCUT2D eigenvalue weighted by atomic mass is 16.5. The summed E-state index contributed by atoms with van der Waals surface area (Å²) in [4.78, 5) is 24.3. The van der Waals surface area contributed by atoms with Crippen LogP contribution in [0.5, 0.6) is 0 Å². The van der Waals surface area contributed by atoms with Gasteiger partial charge in [-0.05, 0) is 36.5 Å². The van der Waals surface area contributed by atoms with E-state index in [1.807, 2.05) is 42.5 Å². The Hall–Kier alpha value is -2.66. The second-order valence-corrected chi connectivity index (χ2v) is 6.33. The van der Waals surface area contributed by atoms with Gasteiger partial charge in [0, 0.05) is 13.2 Å². The quantitative estimate of drug-likeness (QED) is 0.778. The third-order valence-corrected chi connectivity index (χ3v) is 4.36. The van der Waals surface area contributed by atoms with E-state index in [9.17, 15) is 9.59 Å². The molecule has 5 heteroatoms. The summed E-state index contributed by atoms with van der Waals surface area (Å²) in [6, 6.07) is 17.2. The maximum Gasteiger partial charge on any atom is 0.338 e. The molecule has 3 rings (SSSR count). The number of benzene rings is 2. The van der Waals surface area contributed by atoms with E-state index < -0.39 is 5.97 Å². The topological polar surface area (TPSA) is 64.6 Å². The standard InChI is InChI=1S/C21H23NO4/c23-20(22-14-18-10-6-12-25-18)15-26-21(24)19-11-5-4-9-17(19)13-16-7-2-1-3-8-16/h1-5,7-9,11,18H,6,10,12-15H2,(H,22,23). The van der Waals surface area contributed by atoms with Crippen molar-refractivity contribution >= 4 is 11.9 Å². The Morgan fingerprint density at radius 3 is 2.62 bits per heavy atom. The van der Waals surface area contributed by atoms with Crippen molar-refractivity contribution in [2.24, 2.45) is 0 Å². The van der Waals surface area contributed by atoms with Crippen LogP contribution in [0.1, 0.15) is 34.3 Å².